The normalized spacial score (nSPS) is 19.4. The lowest BCUT2D eigenvalue weighted by Crippen LogP contribution is -2.37. The van der Waals surface area contributed by atoms with E-state index in [1.54, 1.807) is 4.68 Å². The van der Waals surface area contributed by atoms with Crippen LogP contribution in [-0.4, -0.2) is 51.4 Å². The van der Waals surface area contributed by atoms with Gasteiger partial charge < -0.3 is 10.4 Å². The zero-order chi connectivity index (χ0) is 14.5. The average molecular weight is 280 g/mol. The van der Waals surface area contributed by atoms with E-state index in [4.69, 9.17) is 5.11 Å². The number of hydrogen-bond donors (Lipinski definition) is 2. The third-order valence-corrected chi connectivity index (χ3v) is 3.81. The Labute approximate surface area is 119 Å². The largest absolute Gasteiger partial charge is 0.396 e. The standard InChI is InChI=1S/C14H24N4O2/c1-11-9-13(17(2)16-11)15-14(20)10-18-7-3-5-12(18)6-4-8-19/h9,12,19H,3-8,10H2,1-2H3,(H,15,20). The van der Waals surface area contributed by atoms with Crippen molar-refractivity contribution in [1.29, 1.82) is 0 Å². The smallest absolute Gasteiger partial charge is 0.239 e. The molecule has 0 spiro atoms. The number of aromatic nitrogens is 2. The van der Waals surface area contributed by atoms with Gasteiger partial charge in [-0.1, -0.05) is 0 Å². The summed E-state index contributed by atoms with van der Waals surface area (Å²) in [6.45, 7) is 3.51. The molecule has 0 bridgehead atoms. The zero-order valence-corrected chi connectivity index (χ0v) is 12.3. The molecule has 112 valence electrons. The topological polar surface area (TPSA) is 70.4 Å². The van der Waals surface area contributed by atoms with Gasteiger partial charge in [-0.25, -0.2) is 0 Å². The van der Waals surface area contributed by atoms with Crippen LogP contribution < -0.4 is 5.32 Å². The van der Waals surface area contributed by atoms with Crippen molar-refractivity contribution in [1.82, 2.24) is 14.7 Å². The molecule has 1 saturated heterocycles. The molecule has 0 aliphatic carbocycles. The van der Waals surface area contributed by atoms with Crippen LogP contribution in [0.15, 0.2) is 6.07 Å². The fraction of sp³-hybridized carbons (Fsp3) is 0.714. The predicted molar refractivity (Wildman–Crippen MR) is 77.5 cm³/mol. The second kappa shape index (κ2) is 6.85. The van der Waals surface area contributed by atoms with Gasteiger partial charge in [-0.05, 0) is 39.2 Å². The monoisotopic (exact) mass is 280 g/mol. The highest BCUT2D eigenvalue weighted by atomic mass is 16.3. The summed E-state index contributed by atoms with van der Waals surface area (Å²) >= 11 is 0. The van der Waals surface area contributed by atoms with Crippen molar-refractivity contribution in [3.05, 3.63) is 11.8 Å². The summed E-state index contributed by atoms with van der Waals surface area (Å²) in [5.74, 6) is 0.738. The quantitative estimate of drug-likeness (QED) is 0.812. The lowest BCUT2D eigenvalue weighted by Gasteiger charge is -2.23. The molecule has 0 radical (unpaired) electrons. The first-order chi connectivity index (χ1) is 9.60. The van der Waals surface area contributed by atoms with Gasteiger partial charge in [0, 0.05) is 25.8 Å². The van der Waals surface area contributed by atoms with Crippen LogP contribution in [-0.2, 0) is 11.8 Å². The molecule has 6 nitrogen and oxygen atoms in total. The summed E-state index contributed by atoms with van der Waals surface area (Å²) in [6, 6.07) is 2.30. The Bertz CT molecular complexity index is 458. The number of carbonyl (C=O) groups is 1. The summed E-state index contributed by atoms with van der Waals surface area (Å²) in [4.78, 5) is 14.3. The fourth-order valence-corrected chi connectivity index (χ4v) is 2.85. The molecule has 1 aromatic heterocycles. The van der Waals surface area contributed by atoms with Crippen LogP contribution in [0, 0.1) is 6.92 Å². The highest BCUT2D eigenvalue weighted by Gasteiger charge is 2.25. The average Bonchev–Trinajstić information content (AvgIpc) is 2.94. The van der Waals surface area contributed by atoms with E-state index >= 15 is 0 Å². The molecule has 1 aliphatic heterocycles. The van der Waals surface area contributed by atoms with Crippen molar-refractivity contribution in [2.45, 2.75) is 38.6 Å². The molecule has 1 aliphatic rings. The van der Waals surface area contributed by atoms with Crippen molar-refractivity contribution in [3.8, 4) is 0 Å². The number of amides is 1. The minimum Gasteiger partial charge on any atom is -0.396 e. The summed E-state index contributed by atoms with van der Waals surface area (Å²) in [5, 5.41) is 16.0. The summed E-state index contributed by atoms with van der Waals surface area (Å²) in [6.07, 6.45) is 4.03. The first-order valence-electron chi connectivity index (χ1n) is 7.25. The van der Waals surface area contributed by atoms with Crippen LogP contribution >= 0.6 is 0 Å². The van der Waals surface area contributed by atoms with Crippen LogP contribution in [0.1, 0.15) is 31.4 Å². The lowest BCUT2D eigenvalue weighted by molar-refractivity contribution is -0.117. The third-order valence-electron chi connectivity index (χ3n) is 3.81. The molecule has 6 heteroatoms. The summed E-state index contributed by atoms with van der Waals surface area (Å²) < 4.78 is 1.68. The third kappa shape index (κ3) is 3.80. The molecule has 0 saturated carbocycles. The van der Waals surface area contributed by atoms with Crippen molar-refractivity contribution >= 4 is 11.7 Å². The molecule has 1 amide bonds. The number of nitrogens with zero attached hydrogens (tertiary/aromatic N) is 3. The van der Waals surface area contributed by atoms with Gasteiger partial charge in [-0.2, -0.15) is 5.10 Å². The maximum Gasteiger partial charge on any atom is 0.239 e. The molecule has 0 aromatic carbocycles. The van der Waals surface area contributed by atoms with E-state index in [9.17, 15) is 4.79 Å². The number of aliphatic hydroxyl groups excluding tert-OH is 1. The van der Waals surface area contributed by atoms with Crippen LogP contribution in [0.25, 0.3) is 0 Å². The maximum absolute atomic E-state index is 12.1. The highest BCUT2D eigenvalue weighted by Crippen LogP contribution is 2.21. The van der Waals surface area contributed by atoms with E-state index in [0.29, 0.717) is 12.6 Å². The van der Waals surface area contributed by atoms with Crippen LogP contribution in [0.5, 0.6) is 0 Å². The minimum absolute atomic E-state index is 0.00361. The SMILES string of the molecule is Cc1cc(NC(=O)CN2CCCC2CCCO)n(C)n1. The van der Waals surface area contributed by atoms with Gasteiger partial charge in [0.2, 0.25) is 5.91 Å². The van der Waals surface area contributed by atoms with E-state index in [-0.39, 0.29) is 12.5 Å². The van der Waals surface area contributed by atoms with Crippen molar-refractivity contribution in [3.63, 3.8) is 0 Å². The lowest BCUT2D eigenvalue weighted by atomic mass is 10.1. The molecule has 1 fully saturated rings. The second-order valence-electron chi connectivity index (χ2n) is 5.48. The van der Waals surface area contributed by atoms with Gasteiger partial charge in [0.25, 0.3) is 0 Å². The Morgan fingerprint density at radius 1 is 1.60 bits per heavy atom. The van der Waals surface area contributed by atoms with Gasteiger partial charge in [0.1, 0.15) is 5.82 Å². The number of aliphatic hydroxyl groups is 1. The second-order valence-corrected chi connectivity index (χ2v) is 5.48. The molecule has 1 atom stereocenters. The number of carbonyl (C=O) groups excluding carboxylic acids is 1. The Morgan fingerprint density at radius 2 is 2.40 bits per heavy atom. The summed E-state index contributed by atoms with van der Waals surface area (Å²) in [7, 11) is 1.82. The molecule has 1 unspecified atom stereocenters. The Morgan fingerprint density at radius 3 is 3.05 bits per heavy atom. The van der Waals surface area contributed by atoms with E-state index in [1.807, 2.05) is 20.0 Å². The first-order valence-corrected chi connectivity index (χ1v) is 7.25. The maximum atomic E-state index is 12.1. The number of anilines is 1. The predicted octanol–water partition coefficient (Wildman–Crippen LogP) is 0.904. The summed E-state index contributed by atoms with van der Waals surface area (Å²) in [5.41, 5.74) is 0.893. The minimum atomic E-state index is 0.00361. The molecule has 1 aromatic rings. The Balaban J connectivity index is 1.86. The van der Waals surface area contributed by atoms with Crippen molar-refractivity contribution in [2.75, 3.05) is 25.0 Å². The number of aryl methyl sites for hydroxylation is 2. The zero-order valence-electron chi connectivity index (χ0n) is 12.3. The van der Waals surface area contributed by atoms with E-state index in [2.05, 4.69) is 15.3 Å². The van der Waals surface area contributed by atoms with Crippen molar-refractivity contribution in [2.24, 2.45) is 7.05 Å². The van der Waals surface area contributed by atoms with Gasteiger partial charge in [0.05, 0.1) is 12.2 Å². The molecule has 2 rings (SSSR count). The van der Waals surface area contributed by atoms with Crippen LogP contribution in [0.2, 0.25) is 0 Å². The molecular formula is C14H24N4O2. The number of likely N-dealkylation sites (tertiary alicyclic amines) is 1. The van der Waals surface area contributed by atoms with Gasteiger partial charge in [0.15, 0.2) is 0 Å². The number of nitrogens with one attached hydrogen (secondary N) is 1. The van der Waals surface area contributed by atoms with Gasteiger partial charge >= 0.3 is 0 Å². The Hall–Kier alpha value is -1.40. The highest BCUT2D eigenvalue weighted by molar-refractivity contribution is 5.91. The first kappa shape index (κ1) is 15.0. The fourth-order valence-electron chi connectivity index (χ4n) is 2.85. The number of hydrogen-bond acceptors (Lipinski definition) is 4. The molecule has 2 heterocycles. The molecule has 20 heavy (non-hydrogen) atoms. The van der Waals surface area contributed by atoms with Crippen LogP contribution in [0.3, 0.4) is 0 Å². The number of rotatable bonds is 6. The van der Waals surface area contributed by atoms with E-state index in [1.165, 1.54) is 0 Å². The van der Waals surface area contributed by atoms with Gasteiger partial charge in [-0.3, -0.25) is 14.4 Å². The Kier molecular flexibility index (Phi) is 5.14. The molecule has 2 N–H and O–H groups in total. The van der Waals surface area contributed by atoms with Gasteiger partial charge in [-0.15, -0.1) is 0 Å². The van der Waals surface area contributed by atoms with E-state index in [0.717, 1.165) is 43.7 Å². The van der Waals surface area contributed by atoms with Crippen LogP contribution in [0.4, 0.5) is 5.82 Å². The van der Waals surface area contributed by atoms with Crippen molar-refractivity contribution < 1.29 is 9.90 Å². The molecular weight excluding hydrogens is 256 g/mol. The van der Waals surface area contributed by atoms with E-state index < -0.39 is 0 Å².